The van der Waals surface area contributed by atoms with Gasteiger partial charge in [0, 0.05) is 19.1 Å². The third-order valence-electron chi connectivity index (χ3n) is 3.39. The SMILES string of the molecule is Cc1ccc(NC(=S)NC(C)C)c(S(=O)(=O)N2CCOCC2)c1. The first kappa shape index (κ1) is 18.1. The van der Waals surface area contributed by atoms with Crippen LogP contribution in [0.2, 0.25) is 0 Å². The predicted molar refractivity (Wildman–Crippen MR) is 95.2 cm³/mol. The Balaban J connectivity index is 2.32. The fourth-order valence-corrected chi connectivity index (χ4v) is 4.28. The zero-order valence-electron chi connectivity index (χ0n) is 13.6. The minimum atomic E-state index is -3.59. The predicted octanol–water partition coefficient (Wildman–Crippen LogP) is 1.71. The molecule has 1 saturated heterocycles. The van der Waals surface area contributed by atoms with E-state index in [1.807, 2.05) is 26.8 Å². The van der Waals surface area contributed by atoms with Crippen LogP contribution in [0.3, 0.4) is 0 Å². The van der Waals surface area contributed by atoms with E-state index in [0.717, 1.165) is 5.56 Å². The molecule has 0 unspecified atom stereocenters. The van der Waals surface area contributed by atoms with Crippen LogP contribution in [0.15, 0.2) is 23.1 Å². The molecule has 1 aromatic rings. The van der Waals surface area contributed by atoms with Gasteiger partial charge in [-0.15, -0.1) is 0 Å². The van der Waals surface area contributed by atoms with Gasteiger partial charge >= 0.3 is 0 Å². The van der Waals surface area contributed by atoms with Crippen molar-refractivity contribution >= 4 is 33.0 Å². The van der Waals surface area contributed by atoms with Gasteiger partial charge in [-0.25, -0.2) is 8.42 Å². The molecule has 2 N–H and O–H groups in total. The van der Waals surface area contributed by atoms with E-state index in [-0.39, 0.29) is 10.9 Å². The molecule has 2 rings (SSSR count). The van der Waals surface area contributed by atoms with Crippen molar-refractivity contribution in [3.8, 4) is 0 Å². The maximum atomic E-state index is 12.9. The summed E-state index contributed by atoms with van der Waals surface area (Å²) in [7, 11) is -3.59. The lowest BCUT2D eigenvalue weighted by Gasteiger charge is -2.27. The molecule has 1 aliphatic rings. The van der Waals surface area contributed by atoms with Gasteiger partial charge in [-0.05, 0) is 50.7 Å². The molecule has 128 valence electrons. The van der Waals surface area contributed by atoms with Crippen LogP contribution in [0.25, 0.3) is 0 Å². The second kappa shape index (κ2) is 7.57. The summed E-state index contributed by atoms with van der Waals surface area (Å²) in [5.74, 6) is 0. The van der Waals surface area contributed by atoms with Crippen molar-refractivity contribution in [1.82, 2.24) is 9.62 Å². The van der Waals surface area contributed by atoms with Gasteiger partial charge in [0.2, 0.25) is 10.0 Å². The van der Waals surface area contributed by atoms with Gasteiger partial charge in [0.25, 0.3) is 0 Å². The molecule has 1 aromatic carbocycles. The molecule has 0 saturated carbocycles. The standard InChI is InChI=1S/C15H23N3O3S2/c1-11(2)16-15(22)17-13-5-4-12(3)10-14(13)23(19,20)18-6-8-21-9-7-18/h4-5,10-11H,6-9H2,1-3H3,(H2,16,17,22). The lowest BCUT2D eigenvalue weighted by molar-refractivity contribution is 0.0730. The van der Waals surface area contributed by atoms with Crippen LogP contribution in [0.5, 0.6) is 0 Å². The molecule has 1 aliphatic heterocycles. The van der Waals surface area contributed by atoms with Gasteiger partial charge in [0.15, 0.2) is 5.11 Å². The van der Waals surface area contributed by atoms with E-state index in [2.05, 4.69) is 10.6 Å². The minimum Gasteiger partial charge on any atom is -0.379 e. The molecule has 0 aromatic heterocycles. The molecule has 6 nitrogen and oxygen atoms in total. The quantitative estimate of drug-likeness (QED) is 0.800. The van der Waals surface area contributed by atoms with Crippen LogP contribution in [-0.4, -0.2) is 50.2 Å². The molecule has 0 spiro atoms. The normalized spacial score (nSPS) is 16.3. The van der Waals surface area contributed by atoms with Crippen LogP contribution in [0.4, 0.5) is 5.69 Å². The number of nitrogens with one attached hydrogen (secondary N) is 2. The van der Waals surface area contributed by atoms with Crippen LogP contribution in [0, 0.1) is 6.92 Å². The van der Waals surface area contributed by atoms with E-state index >= 15 is 0 Å². The number of hydrogen-bond donors (Lipinski definition) is 2. The Morgan fingerprint density at radius 1 is 1.30 bits per heavy atom. The number of morpholine rings is 1. The van der Waals surface area contributed by atoms with Crippen LogP contribution in [-0.2, 0) is 14.8 Å². The molecule has 1 fully saturated rings. The van der Waals surface area contributed by atoms with Crippen LogP contribution >= 0.6 is 12.2 Å². The molecule has 0 amide bonds. The van der Waals surface area contributed by atoms with E-state index in [1.54, 1.807) is 12.1 Å². The van der Waals surface area contributed by atoms with E-state index < -0.39 is 10.0 Å². The Morgan fingerprint density at radius 3 is 2.57 bits per heavy atom. The maximum Gasteiger partial charge on any atom is 0.245 e. The smallest absolute Gasteiger partial charge is 0.245 e. The summed E-state index contributed by atoms with van der Waals surface area (Å²) in [4.78, 5) is 0.243. The van der Waals surface area contributed by atoms with Gasteiger partial charge in [0.1, 0.15) is 4.90 Å². The Kier molecular flexibility index (Phi) is 5.96. The number of sulfonamides is 1. The molecule has 1 heterocycles. The summed E-state index contributed by atoms with van der Waals surface area (Å²) in [6.45, 7) is 7.37. The second-order valence-corrected chi connectivity index (χ2v) is 8.08. The molecular weight excluding hydrogens is 334 g/mol. The summed E-state index contributed by atoms with van der Waals surface area (Å²) in [6, 6.07) is 5.44. The van der Waals surface area contributed by atoms with Gasteiger partial charge in [-0.3, -0.25) is 0 Å². The Hall–Kier alpha value is -1.22. The fraction of sp³-hybridized carbons (Fsp3) is 0.533. The first-order valence-electron chi connectivity index (χ1n) is 7.57. The minimum absolute atomic E-state index is 0.166. The number of anilines is 1. The zero-order chi connectivity index (χ0) is 17.0. The number of benzene rings is 1. The van der Waals surface area contributed by atoms with Gasteiger partial charge in [0.05, 0.1) is 18.9 Å². The van der Waals surface area contributed by atoms with Crippen molar-refractivity contribution in [2.45, 2.75) is 31.7 Å². The van der Waals surface area contributed by atoms with Gasteiger partial charge < -0.3 is 15.4 Å². The number of aryl methyl sites for hydroxylation is 1. The van der Waals surface area contributed by atoms with Crippen molar-refractivity contribution in [3.63, 3.8) is 0 Å². The van der Waals surface area contributed by atoms with Crippen LogP contribution in [0.1, 0.15) is 19.4 Å². The summed E-state index contributed by atoms with van der Waals surface area (Å²) in [6.07, 6.45) is 0. The van der Waals surface area contributed by atoms with Crippen molar-refractivity contribution in [2.24, 2.45) is 0 Å². The highest BCUT2D eigenvalue weighted by molar-refractivity contribution is 7.89. The largest absolute Gasteiger partial charge is 0.379 e. The van der Waals surface area contributed by atoms with Gasteiger partial charge in [-0.2, -0.15) is 4.31 Å². The molecule has 0 aliphatic carbocycles. The molecule has 0 bridgehead atoms. The van der Waals surface area contributed by atoms with E-state index in [1.165, 1.54) is 4.31 Å². The lowest BCUT2D eigenvalue weighted by Crippen LogP contribution is -2.41. The monoisotopic (exact) mass is 357 g/mol. The molecule has 23 heavy (non-hydrogen) atoms. The number of nitrogens with zero attached hydrogens (tertiary/aromatic N) is 1. The number of hydrogen-bond acceptors (Lipinski definition) is 4. The molecular formula is C15H23N3O3S2. The molecule has 0 radical (unpaired) electrons. The number of thiocarbonyl (C=S) groups is 1. The summed E-state index contributed by atoms with van der Waals surface area (Å²) < 4.78 is 32.6. The summed E-state index contributed by atoms with van der Waals surface area (Å²) >= 11 is 5.23. The van der Waals surface area contributed by atoms with E-state index in [4.69, 9.17) is 17.0 Å². The summed E-state index contributed by atoms with van der Waals surface area (Å²) in [5, 5.41) is 6.46. The molecule has 8 heteroatoms. The molecule has 0 atom stereocenters. The highest BCUT2D eigenvalue weighted by Crippen LogP contribution is 2.26. The second-order valence-electron chi connectivity index (χ2n) is 5.77. The summed E-state index contributed by atoms with van der Waals surface area (Å²) in [5.41, 5.74) is 1.37. The first-order valence-corrected chi connectivity index (χ1v) is 9.41. The highest BCUT2D eigenvalue weighted by Gasteiger charge is 2.29. The van der Waals surface area contributed by atoms with E-state index in [9.17, 15) is 8.42 Å². The van der Waals surface area contributed by atoms with Crippen molar-refractivity contribution in [3.05, 3.63) is 23.8 Å². The fourth-order valence-electron chi connectivity index (χ4n) is 2.29. The highest BCUT2D eigenvalue weighted by atomic mass is 32.2. The number of rotatable bonds is 4. The third-order valence-corrected chi connectivity index (χ3v) is 5.55. The first-order chi connectivity index (χ1) is 10.8. The average molecular weight is 358 g/mol. The van der Waals surface area contributed by atoms with Crippen molar-refractivity contribution in [1.29, 1.82) is 0 Å². The maximum absolute atomic E-state index is 12.9. The van der Waals surface area contributed by atoms with Gasteiger partial charge in [-0.1, -0.05) is 6.07 Å². The Bertz CT molecular complexity index is 669. The third kappa shape index (κ3) is 4.63. The number of ether oxygens (including phenoxy) is 1. The topological polar surface area (TPSA) is 70.7 Å². The Morgan fingerprint density at radius 2 is 1.96 bits per heavy atom. The van der Waals surface area contributed by atoms with Crippen molar-refractivity contribution in [2.75, 3.05) is 31.6 Å². The van der Waals surface area contributed by atoms with Crippen LogP contribution < -0.4 is 10.6 Å². The van der Waals surface area contributed by atoms with Crippen molar-refractivity contribution < 1.29 is 13.2 Å². The average Bonchev–Trinajstić information content (AvgIpc) is 2.49. The Labute approximate surface area is 143 Å². The van der Waals surface area contributed by atoms with E-state index in [0.29, 0.717) is 37.1 Å². The lowest BCUT2D eigenvalue weighted by atomic mass is 10.2. The zero-order valence-corrected chi connectivity index (χ0v) is 15.3.